The molecule has 3 rings (SSSR count). The van der Waals surface area contributed by atoms with E-state index in [2.05, 4.69) is 19.1 Å². The van der Waals surface area contributed by atoms with Gasteiger partial charge < -0.3 is 10.5 Å². The molecular weight excluding hydrogens is 254 g/mol. The van der Waals surface area contributed by atoms with Crippen LogP contribution in [0, 0.1) is 0 Å². The molecule has 0 radical (unpaired) electrons. The van der Waals surface area contributed by atoms with E-state index in [0.29, 0.717) is 0 Å². The summed E-state index contributed by atoms with van der Waals surface area (Å²) in [6.07, 6.45) is 4.67. The molecule has 0 fully saturated rings. The summed E-state index contributed by atoms with van der Waals surface area (Å²) in [6.45, 7) is 2.89. The van der Waals surface area contributed by atoms with Gasteiger partial charge in [-0.25, -0.2) is 0 Å². The minimum Gasteiger partial charge on any atom is -0.494 e. The van der Waals surface area contributed by atoms with E-state index >= 15 is 0 Å². The third-order valence-electron chi connectivity index (χ3n) is 3.56. The van der Waals surface area contributed by atoms with Gasteiger partial charge in [0.05, 0.1) is 11.6 Å². The van der Waals surface area contributed by atoms with E-state index in [0.717, 1.165) is 23.8 Å². The predicted molar refractivity (Wildman–Crippen MR) is 82.0 cm³/mol. The summed E-state index contributed by atoms with van der Waals surface area (Å²) < 4.78 is 5.62. The fourth-order valence-corrected chi connectivity index (χ4v) is 3.86. The van der Waals surface area contributed by atoms with Gasteiger partial charge in [-0.15, -0.1) is 11.3 Å². The maximum atomic E-state index is 6.19. The smallest absolute Gasteiger partial charge is 0.119 e. The minimum absolute atomic E-state index is 0.773. The Morgan fingerprint density at radius 1 is 1.21 bits per heavy atom. The molecule has 0 aliphatic heterocycles. The first-order chi connectivity index (χ1) is 9.29. The van der Waals surface area contributed by atoms with Crippen molar-refractivity contribution in [3.8, 4) is 16.9 Å². The van der Waals surface area contributed by atoms with Gasteiger partial charge in [0.15, 0.2) is 0 Å². The minimum atomic E-state index is 0.773. The molecule has 1 aliphatic carbocycles. The van der Waals surface area contributed by atoms with Gasteiger partial charge in [-0.1, -0.05) is 19.1 Å². The third-order valence-corrected chi connectivity index (χ3v) is 4.69. The molecular formula is C16H19NOS. The Morgan fingerprint density at radius 2 is 2.00 bits per heavy atom. The van der Waals surface area contributed by atoms with Crippen LogP contribution in [0.2, 0.25) is 0 Å². The number of ether oxygens (including phenoxy) is 1. The highest BCUT2D eigenvalue weighted by Gasteiger charge is 2.21. The fourth-order valence-electron chi connectivity index (χ4n) is 2.68. The number of thiophene rings is 1. The Bertz CT molecular complexity index is 571. The van der Waals surface area contributed by atoms with Crippen LogP contribution in [0.25, 0.3) is 11.1 Å². The molecule has 2 N–H and O–H groups in total. The van der Waals surface area contributed by atoms with Crippen molar-refractivity contribution in [3.05, 3.63) is 34.7 Å². The lowest BCUT2D eigenvalue weighted by atomic mass is 10.0. The molecule has 0 bridgehead atoms. The molecule has 0 unspecified atom stereocenters. The predicted octanol–water partition coefficient (Wildman–Crippen LogP) is 4.27. The summed E-state index contributed by atoms with van der Waals surface area (Å²) in [7, 11) is 0. The molecule has 100 valence electrons. The average molecular weight is 273 g/mol. The lowest BCUT2D eigenvalue weighted by Crippen LogP contribution is -1.94. The molecule has 0 saturated heterocycles. The summed E-state index contributed by atoms with van der Waals surface area (Å²) in [4.78, 5) is 1.49. The van der Waals surface area contributed by atoms with Gasteiger partial charge in [0.25, 0.3) is 0 Å². The number of nitrogen functional groups attached to an aromatic ring is 1. The van der Waals surface area contributed by atoms with Crippen LogP contribution in [0.1, 0.15) is 30.2 Å². The van der Waals surface area contributed by atoms with E-state index in [1.54, 1.807) is 11.3 Å². The van der Waals surface area contributed by atoms with Crippen molar-refractivity contribution in [3.63, 3.8) is 0 Å². The Balaban J connectivity index is 1.90. The van der Waals surface area contributed by atoms with E-state index in [1.165, 1.54) is 40.8 Å². The topological polar surface area (TPSA) is 35.2 Å². The first kappa shape index (κ1) is 12.5. The van der Waals surface area contributed by atoms with E-state index in [1.807, 2.05) is 12.1 Å². The Kier molecular flexibility index (Phi) is 3.47. The SMILES string of the molecule is CCCOc1ccc(-c2c(N)sc3c2CCC3)cc1. The van der Waals surface area contributed by atoms with Crippen LogP contribution in [0.5, 0.6) is 5.75 Å². The van der Waals surface area contributed by atoms with Crippen LogP contribution in [0.4, 0.5) is 5.00 Å². The molecule has 1 heterocycles. The second-order valence-corrected chi connectivity index (χ2v) is 6.11. The van der Waals surface area contributed by atoms with E-state index in [-0.39, 0.29) is 0 Å². The Hall–Kier alpha value is -1.48. The number of hydrogen-bond donors (Lipinski definition) is 1. The summed E-state index contributed by atoms with van der Waals surface area (Å²) in [6, 6.07) is 8.34. The molecule has 0 atom stereocenters. The van der Waals surface area contributed by atoms with Gasteiger partial charge in [0, 0.05) is 10.4 Å². The first-order valence-electron chi connectivity index (χ1n) is 6.93. The molecule has 2 aromatic rings. The maximum Gasteiger partial charge on any atom is 0.119 e. The zero-order valence-corrected chi connectivity index (χ0v) is 12.1. The molecule has 0 amide bonds. The van der Waals surface area contributed by atoms with E-state index in [9.17, 15) is 0 Å². The summed E-state index contributed by atoms with van der Waals surface area (Å²) >= 11 is 1.76. The lowest BCUT2D eigenvalue weighted by Gasteiger charge is -2.07. The first-order valence-corrected chi connectivity index (χ1v) is 7.74. The van der Waals surface area contributed by atoms with Crippen LogP contribution >= 0.6 is 11.3 Å². The zero-order valence-electron chi connectivity index (χ0n) is 11.2. The number of benzene rings is 1. The normalized spacial score (nSPS) is 13.5. The number of hydrogen-bond acceptors (Lipinski definition) is 3. The van der Waals surface area contributed by atoms with Crippen molar-refractivity contribution < 1.29 is 4.74 Å². The fraction of sp³-hybridized carbons (Fsp3) is 0.375. The van der Waals surface area contributed by atoms with Crippen LogP contribution in [-0.4, -0.2) is 6.61 Å². The van der Waals surface area contributed by atoms with Crippen LogP contribution in [0.15, 0.2) is 24.3 Å². The second-order valence-electron chi connectivity index (χ2n) is 4.97. The van der Waals surface area contributed by atoms with Gasteiger partial charge in [0.1, 0.15) is 5.75 Å². The zero-order chi connectivity index (χ0) is 13.2. The number of fused-ring (bicyclic) bond motifs is 1. The summed E-state index contributed by atoms with van der Waals surface area (Å²) in [5.74, 6) is 0.941. The number of rotatable bonds is 4. The quantitative estimate of drug-likeness (QED) is 0.902. The van der Waals surface area contributed by atoms with Gasteiger partial charge in [-0.2, -0.15) is 0 Å². The van der Waals surface area contributed by atoms with Crippen molar-refractivity contribution in [2.75, 3.05) is 12.3 Å². The van der Waals surface area contributed by atoms with E-state index in [4.69, 9.17) is 10.5 Å². The highest BCUT2D eigenvalue weighted by molar-refractivity contribution is 7.16. The van der Waals surface area contributed by atoms with Crippen LogP contribution in [0.3, 0.4) is 0 Å². The Morgan fingerprint density at radius 3 is 2.74 bits per heavy atom. The molecule has 1 aliphatic rings. The van der Waals surface area contributed by atoms with Crippen molar-refractivity contribution >= 4 is 16.3 Å². The van der Waals surface area contributed by atoms with Gasteiger partial charge in [0.2, 0.25) is 0 Å². The summed E-state index contributed by atoms with van der Waals surface area (Å²) in [5.41, 5.74) is 10.2. The Labute approximate surface area is 118 Å². The largest absolute Gasteiger partial charge is 0.494 e. The second kappa shape index (κ2) is 5.25. The van der Waals surface area contributed by atoms with E-state index < -0.39 is 0 Å². The number of anilines is 1. The molecule has 0 spiro atoms. The molecule has 19 heavy (non-hydrogen) atoms. The highest BCUT2D eigenvalue weighted by atomic mass is 32.1. The summed E-state index contributed by atoms with van der Waals surface area (Å²) in [5, 5.41) is 0.965. The molecule has 3 heteroatoms. The molecule has 0 saturated carbocycles. The van der Waals surface area contributed by atoms with Gasteiger partial charge >= 0.3 is 0 Å². The number of nitrogens with two attached hydrogens (primary N) is 1. The van der Waals surface area contributed by atoms with Gasteiger partial charge in [-0.05, 0) is 48.9 Å². The van der Waals surface area contributed by atoms with Crippen molar-refractivity contribution in [2.24, 2.45) is 0 Å². The molecule has 1 aromatic heterocycles. The monoisotopic (exact) mass is 273 g/mol. The maximum absolute atomic E-state index is 6.19. The highest BCUT2D eigenvalue weighted by Crippen LogP contribution is 2.43. The lowest BCUT2D eigenvalue weighted by molar-refractivity contribution is 0.317. The number of aryl methyl sites for hydroxylation is 1. The van der Waals surface area contributed by atoms with Gasteiger partial charge in [-0.3, -0.25) is 0 Å². The molecule has 1 aromatic carbocycles. The van der Waals surface area contributed by atoms with Crippen molar-refractivity contribution in [1.82, 2.24) is 0 Å². The standard InChI is InChI=1S/C16H19NOS/c1-2-10-18-12-8-6-11(7-9-12)15-13-4-3-5-14(13)19-16(15)17/h6-9H,2-5,10,17H2,1H3. The van der Waals surface area contributed by atoms with Crippen molar-refractivity contribution in [1.29, 1.82) is 0 Å². The van der Waals surface area contributed by atoms with Crippen LogP contribution in [-0.2, 0) is 12.8 Å². The average Bonchev–Trinajstić information content (AvgIpc) is 2.97. The van der Waals surface area contributed by atoms with Crippen LogP contribution < -0.4 is 10.5 Å². The molecule has 2 nitrogen and oxygen atoms in total. The van der Waals surface area contributed by atoms with Crippen molar-refractivity contribution in [2.45, 2.75) is 32.6 Å². The third kappa shape index (κ3) is 2.35.